The summed E-state index contributed by atoms with van der Waals surface area (Å²) in [6.45, 7) is 0.521. The maximum atomic E-state index is 6.07. The van der Waals surface area contributed by atoms with Gasteiger partial charge in [-0.15, -0.1) is 0 Å². The third-order valence-corrected chi connectivity index (χ3v) is 5.21. The third kappa shape index (κ3) is 5.23. The molecule has 0 fully saturated rings. The summed E-state index contributed by atoms with van der Waals surface area (Å²) >= 11 is 11.5. The number of hydrogen-bond acceptors (Lipinski definition) is 3. The molecule has 0 atom stereocenters. The van der Waals surface area contributed by atoms with Gasteiger partial charge in [-0.25, -0.2) is 4.68 Å². The highest BCUT2D eigenvalue weighted by Gasteiger charge is 2.13. The first kappa shape index (κ1) is 20.9. The molecule has 0 aliphatic heterocycles. The molecule has 0 aliphatic rings. The molecule has 0 aliphatic carbocycles. The van der Waals surface area contributed by atoms with Gasteiger partial charge < -0.3 is 15.4 Å². The van der Waals surface area contributed by atoms with Crippen LogP contribution in [-0.4, -0.2) is 22.0 Å². The molecule has 4 rings (SSSR count). The van der Waals surface area contributed by atoms with Crippen LogP contribution in [0.2, 0.25) is 5.02 Å². The second-order valence-corrected chi connectivity index (χ2v) is 7.67. The first-order valence-corrected chi connectivity index (χ1v) is 10.5. The maximum Gasteiger partial charge on any atom is 0.171 e. The molecule has 0 radical (unpaired) electrons. The summed E-state index contributed by atoms with van der Waals surface area (Å²) in [7, 11) is 1.64. The van der Waals surface area contributed by atoms with Crippen LogP contribution in [0.4, 0.5) is 5.69 Å². The number of methoxy groups -OCH3 is 1. The Bertz CT molecular complexity index is 1160. The van der Waals surface area contributed by atoms with Crippen LogP contribution in [-0.2, 0) is 6.54 Å². The zero-order chi connectivity index (χ0) is 21.6. The molecule has 0 saturated carbocycles. The number of benzene rings is 3. The largest absolute Gasteiger partial charge is 0.497 e. The molecule has 0 amide bonds. The molecule has 0 spiro atoms. The van der Waals surface area contributed by atoms with Gasteiger partial charge >= 0.3 is 0 Å². The minimum absolute atomic E-state index is 0.521. The Hall–Kier alpha value is -3.35. The van der Waals surface area contributed by atoms with E-state index in [-0.39, 0.29) is 0 Å². The molecule has 31 heavy (non-hydrogen) atoms. The molecular weight excluding hydrogens is 428 g/mol. The summed E-state index contributed by atoms with van der Waals surface area (Å²) in [4.78, 5) is 0. The molecule has 0 unspecified atom stereocenters. The fraction of sp³-hybridized carbons (Fsp3) is 0.0833. The zero-order valence-corrected chi connectivity index (χ0v) is 18.5. The van der Waals surface area contributed by atoms with E-state index < -0.39 is 0 Å². The minimum Gasteiger partial charge on any atom is -0.497 e. The number of nitrogens with one attached hydrogen (secondary N) is 2. The average molecular weight is 449 g/mol. The number of para-hydroxylation sites is 1. The standard InChI is InChI=1S/C24H21ClN4OS/c1-30-22-13-11-20(12-14-22)27-24(31)26-15-18-16-29(21-5-3-2-4-6-21)28-23(18)17-7-9-19(25)10-8-17/h2-14,16H,15H2,1H3,(H2,26,27,31). The minimum atomic E-state index is 0.521. The Kier molecular flexibility index (Phi) is 6.50. The predicted molar refractivity (Wildman–Crippen MR) is 130 cm³/mol. The van der Waals surface area contributed by atoms with Gasteiger partial charge in [-0.1, -0.05) is 41.9 Å². The van der Waals surface area contributed by atoms with Gasteiger partial charge in [0.1, 0.15) is 5.75 Å². The van der Waals surface area contributed by atoms with Gasteiger partial charge in [0.25, 0.3) is 0 Å². The van der Waals surface area contributed by atoms with E-state index in [0.717, 1.165) is 33.9 Å². The van der Waals surface area contributed by atoms with Crippen molar-refractivity contribution in [3.63, 3.8) is 0 Å². The molecule has 0 bridgehead atoms. The van der Waals surface area contributed by atoms with Crippen molar-refractivity contribution >= 4 is 34.6 Å². The number of aromatic nitrogens is 2. The number of nitrogens with zero attached hydrogens (tertiary/aromatic N) is 2. The lowest BCUT2D eigenvalue weighted by Gasteiger charge is -2.11. The lowest BCUT2D eigenvalue weighted by atomic mass is 10.1. The summed E-state index contributed by atoms with van der Waals surface area (Å²) in [5, 5.41) is 12.5. The van der Waals surface area contributed by atoms with E-state index in [1.807, 2.05) is 89.7 Å². The van der Waals surface area contributed by atoms with Crippen molar-refractivity contribution in [1.82, 2.24) is 15.1 Å². The van der Waals surface area contributed by atoms with Gasteiger partial charge in [-0.2, -0.15) is 5.10 Å². The van der Waals surface area contributed by atoms with Crippen LogP contribution in [0, 0.1) is 0 Å². The number of ether oxygens (including phenoxy) is 1. The van der Waals surface area contributed by atoms with E-state index in [0.29, 0.717) is 16.7 Å². The van der Waals surface area contributed by atoms with Crippen LogP contribution >= 0.6 is 23.8 Å². The highest BCUT2D eigenvalue weighted by molar-refractivity contribution is 7.80. The third-order valence-electron chi connectivity index (χ3n) is 4.72. The summed E-state index contributed by atoms with van der Waals surface area (Å²) in [6, 6.07) is 25.3. The van der Waals surface area contributed by atoms with Gasteiger partial charge in [0.05, 0.1) is 18.5 Å². The normalized spacial score (nSPS) is 10.5. The fourth-order valence-electron chi connectivity index (χ4n) is 3.13. The average Bonchev–Trinajstić information content (AvgIpc) is 3.24. The number of anilines is 1. The monoisotopic (exact) mass is 448 g/mol. The highest BCUT2D eigenvalue weighted by atomic mass is 35.5. The number of rotatable bonds is 6. The SMILES string of the molecule is COc1ccc(NC(=S)NCc2cn(-c3ccccc3)nc2-c2ccc(Cl)cc2)cc1. The fourth-order valence-corrected chi connectivity index (χ4v) is 3.44. The van der Waals surface area contributed by atoms with Crippen LogP contribution in [0.25, 0.3) is 16.9 Å². The quantitative estimate of drug-likeness (QED) is 0.371. The van der Waals surface area contributed by atoms with Crippen LogP contribution in [0.15, 0.2) is 85.1 Å². The van der Waals surface area contributed by atoms with Crippen molar-refractivity contribution in [3.8, 4) is 22.7 Å². The second kappa shape index (κ2) is 9.64. The van der Waals surface area contributed by atoms with Crippen LogP contribution in [0.3, 0.4) is 0 Å². The van der Waals surface area contributed by atoms with Crippen molar-refractivity contribution in [3.05, 3.63) is 95.6 Å². The molecule has 156 valence electrons. The molecule has 1 heterocycles. The second-order valence-electron chi connectivity index (χ2n) is 6.83. The Morgan fingerprint density at radius 3 is 2.39 bits per heavy atom. The summed E-state index contributed by atoms with van der Waals surface area (Å²) in [5.41, 5.74) is 4.76. The Morgan fingerprint density at radius 1 is 1.00 bits per heavy atom. The van der Waals surface area contributed by atoms with Gasteiger partial charge in [0, 0.05) is 34.6 Å². The molecule has 2 N–H and O–H groups in total. The molecule has 1 aromatic heterocycles. The molecule has 7 heteroatoms. The molecule has 5 nitrogen and oxygen atoms in total. The summed E-state index contributed by atoms with van der Waals surface area (Å²) in [5.74, 6) is 0.797. The van der Waals surface area contributed by atoms with Crippen molar-refractivity contribution < 1.29 is 4.74 Å². The topological polar surface area (TPSA) is 51.1 Å². The van der Waals surface area contributed by atoms with Crippen LogP contribution < -0.4 is 15.4 Å². The zero-order valence-electron chi connectivity index (χ0n) is 16.9. The number of thiocarbonyl (C=S) groups is 1. The van der Waals surface area contributed by atoms with Crippen LogP contribution in [0.1, 0.15) is 5.56 Å². The Morgan fingerprint density at radius 2 is 1.71 bits per heavy atom. The Labute approximate surface area is 191 Å². The molecule has 4 aromatic rings. The van der Waals surface area contributed by atoms with Gasteiger partial charge in [-0.05, 0) is 60.7 Å². The molecule has 0 saturated heterocycles. The lowest BCUT2D eigenvalue weighted by Crippen LogP contribution is -2.27. The highest BCUT2D eigenvalue weighted by Crippen LogP contribution is 2.25. The first-order chi connectivity index (χ1) is 15.1. The first-order valence-electron chi connectivity index (χ1n) is 9.71. The van der Waals surface area contributed by atoms with Crippen molar-refractivity contribution in [1.29, 1.82) is 0 Å². The summed E-state index contributed by atoms with van der Waals surface area (Å²) in [6.07, 6.45) is 2.02. The Balaban J connectivity index is 1.53. The van der Waals surface area contributed by atoms with E-state index in [2.05, 4.69) is 10.6 Å². The molecular formula is C24H21ClN4OS. The van der Waals surface area contributed by atoms with E-state index in [4.69, 9.17) is 33.7 Å². The smallest absolute Gasteiger partial charge is 0.171 e. The van der Waals surface area contributed by atoms with Crippen molar-refractivity contribution in [2.75, 3.05) is 12.4 Å². The van der Waals surface area contributed by atoms with Gasteiger partial charge in [-0.3, -0.25) is 0 Å². The van der Waals surface area contributed by atoms with E-state index in [1.165, 1.54) is 0 Å². The van der Waals surface area contributed by atoms with E-state index in [1.54, 1.807) is 7.11 Å². The lowest BCUT2D eigenvalue weighted by molar-refractivity contribution is 0.415. The number of halogens is 1. The predicted octanol–water partition coefficient (Wildman–Crippen LogP) is 5.69. The van der Waals surface area contributed by atoms with Gasteiger partial charge in [0.2, 0.25) is 0 Å². The summed E-state index contributed by atoms with van der Waals surface area (Å²) < 4.78 is 7.06. The van der Waals surface area contributed by atoms with Crippen LogP contribution in [0.5, 0.6) is 5.75 Å². The van der Waals surface area contributed by atoms with Gasteiger partial charge in [0.15, 0.2) is 5.11 Å². The van der Waals surface area contributed by atoms with Crippen molar-refractivity contribution in [2.24, 2.45) is 0 Å². The van der Waals surface area contributed by atoms with Crippen molar-refractivity contribution in [2.45, 2.75) is 6.54 Å². The van der Waals surface area contributed by atoms with E-state index in [9.17, 15) is 0 Å². The van der Waals surface area contributed by atoms with E-state index >= 15 is 0 Å². The molecule has 3 aromatic carbocycles. The number of hydrogen-bond donors (Lipinski definition) is 2. The maximum absolute atomic E-state index is 6.07.